The van der Waals surface area contributed by atoms with Gasteiger partial charge in [0, 0.05) is 24.0 Å². The van der Waals surface area contributed by atoms with Crippen LogP contribution in [0.3, 0.4) is 0 Å². The highest BCUT2D eigenvalue weighted by atomic mass is 32.1. The number of nitrogens with zero attached hydrogens (tertiary/aromatic N) is 3. The van der Waals surface area contributed by atoms with Crippen molar-refractivity contribution >= 4 is 38.8 Å². The number of nitrogens with one attached hydrogen (secondary N) is 1. The molecule has 1 amide bonds. The lowest BCUT2D eigenvalue weighted by molar-refractivity contribution is -0.118. The lowest BCUT2D eigenvalue weighted by Crippen LogP contribution is -2.30. The highest BCUT2D eigenvalue weighted by molar-refractivity contribution is 7.16. The van der Waals surface area contributed by atoms with Crippen molar-refractivity contribution < 1.29 is 9.53 Å². The van der Waals surface area contributed by atoms with Crippen molar-refractivity contribution in [3.63, 3.8) is 0 Å². The van der Waals surface area contributed by atoms with Gasteiger partial charge in [0.05, 0.1) is 5.39 Å². The number of amides is 1. The normalized spacial score (nSPS) is 10.9. The Kier molecular flexibility index (Phi) is 5.68. The monoisotopic (exact) mass is 370 g/mol. The van der Waals surface area contributed by atoms with Crippen molar-refractivity contribution in [2.75, 3.05) is 23.4 Å². The quantitative estimate of drug-likeness (QED) is 0.682. The van der Waals surface area contributed by atoms with Crippen LogP contribution in [0, 0.1) is 0 Å². The summed E-state index contributed by atoms with van der Waals surface area (Å²) in [7, 11) is 0. The molecule has 0 radical (unpaired) electrons. The zero-order valence-electron chi connectivity index (χ0n) is 15.1. The van der Waals surface area contributed by atoms with Crippen molar-refractivity contribution in [3.05, 3.63) is 42.0 Å². The maximum Gasteiger partial charge on any atom is 0.262 e. The molecule has 0 aliphatic rings. The van der Waals surface area contributed by atoms with Crippen LogP contribution in [0.15, 0.2) is 42.0 Å². The van der Waals surface area contributed by atoms with Gasteiger partial charge in [0.1, 0.15) is 11.2 Å². The van der Waals surface area contributed by atoms with Crippen molar-refractivity contribution in [2.45, 2.75) is 26.8 Å². The molecule has 7 heteroatoms. The molecule has 3 rings (SSSR count). The summed E-state index contributed by atoms with van der Waals surface area (Å²) in [5, 5.41) is 5.59. The first-order chi connectivity index (χ1) is 12.6. The molecule has 2 aromatic heterocycles. The molecule has 1 aromatic carbocycles. The van der Waals surface area contributed by atoms with Crippen molar-refractivity contribution in [1.29, 1.82) is 0 Å². The smallest absolute Gasteiger partial charge is 0.262 e. The number of ether oxygens (including phenoxy) is 1. The van der Waals surface area contributed by atoms with Gasteiger partial charge in [0.15, 0.2) is 6.61 Å². The highest BCUT2D eigenvalue weighted by Gasteiger charge is 2.10. The average Bonchev–Trinajstić information content (AvgIpc) is 3.11. The summed E-state index contributed by atoms with van der Waals surface area (Å²) in [6.07, 6.45) is 1.44. The van der Waals surface area contributed by atoms with E-state index in [-0.39, 0.29) is 12.5 Å². The fourth-order valence-corrected chi connectivity index (χ4v) is 3.52. The summed E-state index contributed by atoms with van der Waals surface area (Å²) >= 11 is 1.51. The third-order valence-corrected chi connectivity index (χ3v) is 4.83. The first-order valence-electron chi connectivity index (χ1n) is 8.56. The second-order valence-electron chi connectivity index (χ2n) is 6.08. The fraction of sp³-hybridized carbons (Fsp3) is 0.316. The summed E-state index contributed by atoms with van der Waals surface area (Å²) in [4.78, 5) is 23.6. The van der Waals surface area contributed by atoms with Gasteiger partial charge in [-0.2, -0.15) is 0 Å². The highest BCUT2D eigenvalue weighted by Crippen LogP contribution is 2.25. The number of carbonyl (C=O) groups excluding carboxylic acids is 1. The van der Waals surface area contributed by atoms with E-state index in [0.717, 1.165) is 28.1 Å². The number of rotatable bonds is 7. The number of hydrogen-bond donors (Lipinski definition) is 1. The van der Waals surface area contributed by atoms with Crippen LogP contribution in [0.4, 0.5) is 11.4 Å². The number of aromatic nitrogens is 2. The van der Waals surface area contributed by atoms with E-state index in [2.05, 4.69) is 41.0 Å². The first-order valence-corrected chi connectivity index (χ1v) is 9.44. The van der Waals surface area contributed by atoms with Crippen LogP contribution in [0.5, 0.6) is 5.88 Å². The zero-order valence-corrected chi connectivity index (χ0v) is 15.9. The van der Waals surface area contributed by atoms with Gasteiger partial charge >= 0.3 is 0 Å². The summed E-state index contributed by atoms with van der Waals surface area (Å²) < 4.78 is 5.56. The molecule has 3 aromatic rings. The van der Waals surface area contributed by atoms with Crippen LogP contribution in [0.25, 0.3) is 10.2 Å². The zero-order chi connectivity index (χ0) is 18.5. The second-order valence-corrected chi connectivity index (χ2v) is 6.98. The van der Waals surface area contributed by atoms with Crippen LogP contribution >= 0.6 is 11.3 Å². The topological polar surface area (TPSA) is 67.4 Å². The number of fused-ring (bicyclic) bond motifs is 1. The van der Waals surface area contributed by atoms with E-state index in [1.54, 1.807) is 0 Å². The van der Waals surface area contributed by atoms with Gasteiger partial charge < -0.3 is 15.0 Å². The molecule has 0 atom stereocenters. The Morgan fingerprint density at radius 1 is 1.23 bits per heavy atom. The molecule has 26 heavy (non-hydrogen) atoms. The predicted molar refractivity (Wildman–Crippen MR) is 106 cm³/mol. The van der Waals surface area contributed by atoms with E-state index in [1.165, 1.54) is 17.7 Å². The lowest BCUT2D eigenvalue weighted by atomic mass is 10.2. The minimum atomic E-state index is -0.226. The lowest BCUT2D eigenvalue weighted by Gasteiger charge is -2.27. The number of hydrogen-bond acceptors (Lipinski definition) is 6. The average molecular weight is 370 g/mol. The van der Waals surface area contributed by atoms with E-state index in [9.17, 15) is 4.79 Å². The second kappa shape index (κ2) is 8.14. The molecule has 0 spiro atoms. The van der Waals surface area contributed by atoms with Crippen LogP contribution < -0.4 is 15.0 Å². The van der Waals surface area contributed by atoms with Crippen molar-refractivity contribution in [2.24, 2.45) is 0 Å². The van der Waals surface area contributed by atoms with Crippen LogP contribution in [0.2, 0.25) is 0 Å². The predicted octanol–water partition coefficient (Wildman–Crippen LogP) is 3.94. The number of anilines is 2. The van der Waals surface area contributed by atoms with Crippen molar-refractivity contribution in [1.82, 2.24) is 9.97 Å². The molecule has 2 heterocycles. The third kappa shape index (κ3) is 4.11. The Morgan fingerprint density at radius 3 is 2.69 bits per heavy atom. The molecule has 0 saturated heterocycles. The fourth-order valence-electron chi connectivity index (χ4n) is 2.80. The minimum absolute atomic E-state index is 0.100. The Labute approximate surface area is 156 Å². The Hall–Kier alpha value is -2.67. The molecule has 0 saturated carbocycles. The Bertz CT molecular complexity index is 877. The minimum Gasteiger partial charge on any atom is -0.467 e. The Morgan fingerprint density at radius 2 is 2.00 bits per heavy atom. The van der Waals surface area contributed by atoms with E-state index in [1.807, 2.05) is 35.7 Å². The molecule has 1 N–H and O–H groups in total. The van der Waals surface area contributed by atoms with E-state index in [4.69, 9.17) is 4.74 Å². The number of benzene rings is 1. The third-order valence-electron chi connectivity index (χ3n) is 4.01. The standard InChI is InChI=1S/C19H22N4O2S/c1-4-23(13(2)3)15-7-5-14(6-8-15)22-17(24)11-25-18-16-9-10-26-19(16)21-12-20-18/h5-10,12-13H,4,11H2,1-3H3,(H,22,24). The summed E-state index contributed by atoms with van der Waals surface area (Å²) in [5.74, 6) is 0.202. The number of carbonyl (C=O) groups is 1. The van der Waals surface area contributed by atoms with Gasteiger partial charge in [-0.15, -0.1) is 11.3 Å². The SMILES string of the molecule is CCN(c1ccc(NC(=O)COc2ncnc3sccc23)cc1)C(C)C. The van der Waals surface area contributed by atoms with Gasteiger partial charge in [-0.1, -0.05) is 0 Å². The van der Waals surface area contributed by atoms with Gasteiger partial charge in [0.25, 0.3) is 5.91 Å². The maximum atomic E-state index is 12.2. The molecule has 0 aliphatic carbocycles. The Balaban J connectivity index is 1.59. The molecule has 0 aliphatic heterocycles. The van der Waals surface area contributed by atoms with Gasteiger partial charge in [-0.05, 0) is 56.5 Å². The van der Waals surface area contributed by atoms with Gasteiger partial charge in [-0.25, -0.2) is 9.97 Å². The van der Waals surface area contributed by atoms with Crippen molar-refractivity contribution in [3.8, 4) is 5.88 Å². The van der Waals surface area contributed by atoms with Crippen LogP contribution in [-0.4, -0.2) is 35.1 Å². The molecule has 0 bridgehead atoms. The molecular weight excluding hydrogens is 348 g/mol. The van der Waals surface area contributed by atoms with E-state index >= 15 is 0 Å². The largest absolute Gasteiger partial charge is 0.467 e. The van der Waals surface area contributed by atoms with Gasteiger partial charge in [0.2, 0.25) is 5.88 Å². The van der Waals surface area contributed by atoms with Crippen LogP contribution in [-0.2, 0) is 4.79 Å². The first kappa shape index (κ1) is 18.1. The molecule has 0 unspecified atom stereocenters. The summed E-state index contributed by atoms with van der Waals surface area (Å²) in [6, 6.07) is 10.1. The summed E-state index contributed by atoms with van der Waals surface area (Å²) in [6.45, 7) is 7.29. The van der Waals surface area contributed by atoms with E-state index < -0.39 is 0 Å². The molecule has 6 nitrogen and oxygen atoms in total. The maximum absolute atomic E-state index is 12.2. The van der Waals surface area contributed by atoms with E-state index in [0.29, 0.717) is 11.9 Å². The molecular formula is C19H22N4O2S. The van der Waals surface area contributed by atoms with Gasteiger partial charge in [-0.3, -0.25) is 4.79 Å². The summed E-state index contributed by atoms with van der Waals surface area (Å²) in [5.41, 5.74) is 1.88. The number of thiophene rings is 1. The molecule has 0 fully saturated rings. The molecule has 136 valence electrons. The van der Waals surface area contributed by atoms with Crippen LogP contribution in [0.1, 0.15) is 20.8 Å².